The summed E-state index contributed by atoms with van der Waals surface area (Å²) < 4.78 is 7.50. The number of fused-ring (bicyclic) bond motifs is 1. The fourth-order valence-electron chi connectivity index (χ4n) is 5.60. The number of aromatic nitrogens is 3. The monoisotopic (exact) mass is 440 g/mol. The Morgan fingerprint density at radius 3 is 2.45 bits per heavy atom. The molecule has 4 aromatic rings. The molecule has 2 unspecified atom stereocenters. The van der Waals surface area contributed by atoms with Crippen molar-refractivity contribution < 1.29 is 4.74 Å². The van der Waals surface area contributed by atoms with Crippen molar-refractivity contribution in [3.63, 3.8) is 0 Å². The Morgan fingerprint density at radius 1 is 1.00 bits per heavy atom. The number of nitrogens with zero attached hydrogens (tertiary/aromatic N) is 3. The molecule has 2 aromatic carbocycles. The SMILES string of the molecule is COc1ccc(-n2cc(-c3ccccc3)c3c(NC4CC(C)CC(C)(C)C4)ncnc32)cc1. The average Bonchev–Trinajstić information content (AvgIpc) is 3.19. The Morgan fingerprint density at radius 2 is 1.76 bits per heavy atom. The van der Waals surface area contributed by atoms with Gasteiger partial charge in [0.15, 0.2) is 5.65 Å². The molecular weight excluding hydrogens is 408 g/mol. The molecule has 5 heteroatoms. The molecule has 2 aromatic heterocycles. The summed E-state index contributed by atoms with van der Waals surface area (Å²) in [7, 11) is 1.69. The average molecular weight is 441 g/mol. The summed E-state index contributed by atoms with van der Waals surface area (Å²) in [5, 5.41) is 4.88. The minimum atomic E-state index is 0.332. The van der Waals surface area contributed by atoms with Crippen molar-refractivity contribution in [3.8, 4) is 22.6 Å². The Labute approximate surface area is 195 Å². The first-order chi connectivity index (χ1) is 15.9. The van der Waals surface area contributed by atoms with Gasteiger partial charge in [-0.15, -0.1) is 0 Å². The Hall–Kier alpha value is -3.34. The molecule has 0 bridgehead atoms. The number of anilines is 1. The summed E-state index contributed by atoms with van der Waals surface area (Å²) in [5.74, 6) is 2.45. The zero-order valence-electron chi connectivity index (χ0n) is 19.9. The molecule has 33 heavy (non-hydrogen) atoms. The summed E-state index contributed by atoms with van der Waals surface area (Å²) in [4.78, 5) is 9.46. The Bertz CT molecular complexity index is 1240. The molecule has 1 N–H and O–H groups in total. The van der Waals surface area contributed by atoms with E-state index in [9.17, 15) is 0 Å². The minimum Gasteiger partial charge on any atom is -0.497 e. The third-order valence-electron chi connectivity index (χ3n) is 6.75. The summed E-state index contributed by atoms with van der Waals surface area (Å²) in [6, 6.07) is 19.0. The smallest absolute Gasteiger partial charge is 0.150 e. The first-order valence-corrected chi connectivity index (χ1v) is 11.8. The Balaban J connectivity index is 1.64. The lowest BCUT2D eigenvalue weighted by Gasteiger charge is -2.39. The molecule has 1 fully saturated rings. The van der Waals surface area contributed by atoms with E-state index in [1.807, 2.05) is 18.2 Å². The predicted molar refractivity (Wildman–Crippen MR) is 135 cm³/mol. The van der Waals surface area contributed by atoms with Gasteiger partial charge in [0, 0.05) is 23.5 Å². The van der Waals surface area contributed by atoms with Gasteiger partial charge in [0.1, 0.15) is 17.9 Å². The van der Waals surface area contributed by atoms with Gasteiger partial charge in [-0.25, -0.2) is 9.97 Å². The largest absolute Gasteiger partial charge is 0.497 e. The highest BCUT2D eigenvalue weighted by molar-refractivity contribution is 6.02. The maximum absolute atomic E-state index is 5.35. The van der Waals surface area contributed by atoms with Crippen LogP contribution in [-0.4, -0.2) is 27.7 Å². The van der Waals surface area contributed by atoms with Gasteiger partial charge in [-0.3, -0.25) is 0 Å². The number of nitrogens with one attached hydrogen (secondary N) is 1. The van der Waals surface area contributed by atoms with E-state index < -0.39 is 0 Å². The van der Waals surface area contributed by atoms with Gasteiger partial charge in [-0.05, 0) is 60.4 Å². The third-order valence-corrected chi connectivity index (χ3v) is 6.75. The number of hydrogen-bond acceptors (Lipinski definition) is 4. The number of methoxy groups -OCH3 is 1. The minimum absolute atomic E-state index is 0.332. The highest BCUT2D eigenvalue weighted by Gasteiger charge is 2.32. The molecule has 1 aliphatic rings. The van der Waals surface area contributed by atoms with Crippen molar-refractivity contribution in [2.24, 2.45) is 11.3 Å². The van der Waals surface area contributed by atoms with Crippen LogP contribution in [0, 0.1) is 11.3 Å². The third kappa shape index (κ3) is 4.32. The molecule has 170 valence electrons. The van der Waals surface area contributed by atoms with Gasteiger partial charge in [-0.2, -0.15) is 0 Å². The summed E-state index contributed by atoms with van der Waals surface area (Å²) in [6.45, 7) is 7.12. The Kier molecular flexibility index (Phi) is 5.57. The zero-order chi connectivity index (χ0) is 23.0. The molecule has 2 heterocycles. The van der Waals surface area contributed by atoms with Crippen LogP contribution in [0.1, 0.15) is 40.0 Å². The van der Waals surface area contributed by atoms with Gasteiger partial charge in [-0.1, -0.05) is 51.1 Å². The van der Waals surface area contributed by atoms with E-state index >= 15 is 0 Å². The molecule has 0 amide bonds. The van der Waals surface area contributed by atoms with Crippen LogP contribution in [0.4, 0.5) is 5.82 Å². The van der Waals surface area contributed by atoms with E-state index in [0.29, 0.717) is 17.4 Å². The predicted octanol–water partition coefficient (Wildman–Crippen LogP) is 6.72. The van der Waals surface area contributed by atoms with Crippen molar-refractivity contribution in [2.45, 2.75) is 46.1 Å². The van der Waals surface area contributed by atoms with E-state index in [1.54, 1.807) is 13.4 Å². The van der Waals surface area contributed by atoms with Crippen LogP contribution in [0.2, 0.25) is 0 Å². The van der Waals surface area contributed by atoms with Gasteiger partial charge < -0.3 is 14.6 Å². The molecular formula is C28H32N4O. The summed E-state index contributed by atoms with van der Waals surface area (Å²) in [5.41, 5.74) is 4.57. The van der Waals surface area contributed by atoms with Crippen LogP contribution in [0.3, 0.4) is 0 Å². The normalized spacial score (nSPS) is 20.0. The van der Waals surface area contributed by atoms with Gasteiger partial charge in [0.25, 0.3) is 0 Å². The number of hydrogen-bond donors (Lipinski definition) is 1. The van der Waals surface area contributed by atoms with Crippen molar-refractivity contribution >= 4 is 16.9 Å². The van der Waals surface area contributed by atoms with Crippen molar-refractivity contribution in [3.05, 3.63) is 67.1 Å². The summed E-state index contributed by atoms with van der Waals surface area (Å²) >= 11 is 0. The molecule has 0 radical (unpaired) electrons. The quantitative estimate of drug-likeness (QED) is 0.374. The van der Waals surface area contributed by atoms with Crippen LogP contribution >= 0.6 is 0 Å². The first-order valence-electron chi connectivity index (χ1n) is 11.8. The second kappa shape index (κ2) is 8.54. The summed E-state index contributed by atoms with van der Waals surface area (Å²) in [6.07, 6.45) is 7.43. The van der Waals surface area contributed by atoms with E-state index in [-0.39, 0.29) is 0 Å². The van der Waals surface area contributed by atoms with Crippen molar-refractivity contribution in [1.82, 2.24) is 14.5 Å². The molecule has 5 rings (SSSR count). The highest BCUT2D eigenvalue weighted by atomic mass is 16.5. The molecule has 1 saturated carbocycles. The maximum Gasteiger partial charge on any atom is 0.150 e. The molecule has 1 aliphatic carbocycles. The lowest BCUT2D eigenvalue weighted by molar-refractivity contribution is 0.178. The van der Waals surface area contributed by atoms with Crippen LogP contribution in [0.25, 0.3) is 27.8 Å². The van der Waals surface area contributed by atoms with Crippen LogP contribution < -0.4 is 10.1 Å². The second-order valence-corrected chi connectivity index (χ2v) is 10.2. The molecule has 0 spiro atoms. The standard InChI is InChI=1S/C28H32N4O/c1-19-14-21(16-28(2,3)15-19)31-26-25-24(20-8-6-5-7-9-20)17-32(27(25)30-18-29-26)22-10-12-23(33-4)13-11-22/h5-13,17-19,21H,14-16H2,1-4H3,(H,29,30,31). The lowest BCUT2D eigenvalue weighted by Crippen LogP contribution is -2.35. The van der Waals surface area contributed by atoms with Gasteiger partial charge in [0.2, 0.25) is 0 Å². The molecule has 5 nitrogen and oxygen atoms in total. The molecule has 0 aliphatic heterocycles. The fraction of sp³-hybridized carbons (Fsp3) is 0.357. The highest BCUT2D eigenvalue weighted by Crippen LogP contribution is 2.41. The maximum atomic E-state index is 5.35. The van der Waals surface area contributed by atoms with Crippen molar-refractivity contribution in [1.29, 1.82) is 0 Å². The van der Waals surface area contributed by atoms with E-state index in [1.165, 1.54) is 6.42 Å². The van der Waals surface area contributed by atoms with E-state index in [0.717, 1.165) is 52.3 Å². The van der Waals surface area contributed by atoms with Gasteiger partial charge >= 0.3 is 0 Å². The van der Waals surface area contributed by atoms with Crippen LogP contribution in [0.5, 0.6) is 5.75 Å². The fourth-order valence-corrected chi connectivity index (χ4v) is 5.60. The second-order valence-electron chi connectivity index (χ2n) is 10.2. The number of ether oxygens (including phenoxy) is 1. The lowest BCUT2D eigenvalue weighted by atomic mass is 9.70. The number of benzene rings is 2. The van der Waals surface area contributed by atoms with Gasteiger partial charge in [0.05, 0.1) is 12.5 Å². The molecule has 2 atom stereocenters. The van der Waals surface area contributed by atoms with Crippen molar-refractivity contribution in [2.75, 3.05) is 12.4 Å². The first kappa shape index (κ1) is 21.5. The van der Waals surface area contributed by atoms with Crippen LogP contribution in [0.15, 0.2) is 67.1 Å². The van der Waals surface area contributed by atoms with E-state index in [2.05, 4.69) is 73.3 Å². The number of rotatable bonds is 5. The van der Waals surface area contributed by atoms with E-state index in [4.69, 9.17) is 14.7 Å². The topological polar surface area (TPSA) is 52.0 Å². The molecule has 0 saturated heterocycles. The van der Waals surface area contributed by atoms with Crippen LogP contribution in [-0.2, 0) is 0 Å². The zero-order valence-corrected chi connectivity index (χ0v) is 19.9.